The van der Waals surface area contributed by atoms with Crippen molar-refractivity contribution in [2.24, 2.45) is 0 Å². The first-order chi connectivity index (χ1) is 13.7. The molecule has 1 N–H and O–H groups in total. The summed E-state index contributed by atoms with van der Waals surface area (Å²) in [5.74, 6) is -0.359. The molecule has 4 rings (SSSR count). The molecule has 0 saturated heterocycles. The zero-order chi connectivity index (χ0) is 19.3. The van der Waals surface area contributed by atoms with Crippen molar-refractivity contribution in [2.75, 3.05) is 11.9 Å². The highest BCUT2D eigenvalue weighted by Gasteiger charge is 2.21. The number of nitrogens with one attached hydrogen (secondary N) is 1. The molecule has 0 atom stereocenters. The maximum atomic E-state index is 13.2. The lowest BCUT2D eigenvalue weighted by Crippen LogP contribution is -2.29. The maximum Gasteiger partial charge on any atom is 0.226 e. The number of carbonyl (C=O) groups is 1. The van der Waals surface area contributed by atoms with Gasteiger partial charge in [-0.2, -0.15) is 0 Å². The minimum Gasteiger partial charge on any atom is -0.302 e. The Hall–Kier alpha value is -2.57. The number of anilines is 1. The van der Waals surface area contributed by atoms with Crippen molar-refractivity contribution < 1.29 is 9.18 Å². The number of hydrogen-bond acceptors (Lipinski definition) is 4. The fourth-order valence-electron chi connectivity index (χ4n) is 3.41. The van der Waals surface area contributed by atoms with Crippen LogP contribution in [0.1, 0.15) is 28.1 Å². The van der Waals surface area contributed by atoms with Gasteiger partial charge in [-0.1, -0.05) is 42.5 Å². The number of aromatic nitrogens is 1. The third-order valence-corrected chi connectivity index (χ3v) is 5.83. The Morgan fingerprint density at radius 3 is 2.79 bits per heavy atom. The van der Waals surface area contributed by atoms with Crippen molar-refractivity contribution in [3.63, 3.8) is 0 Å². The van der Waals surface area contributed by atoms with Gasteiger partial charge in [0.2, 0.25) is 5.91 Å². The molecule has 0 fully saturated rings. The lowest BCUT2D eigenvalue weighted by molar-refractivity contribution is -0.116. The van der Waals surface area contributed by atoms with Gasteiger partial charge >= 0.3 is 0 Å². The van der Waals surface area contributed by atoms with Crippen LogP contribution in [0.5, 0.6) is 0 Å². The molecule has 4 nitrogen and oxygen atoms in total. The Morgan fingerprint density at radius 2 is 1.96 bits per heavy atom. The van der Waals surface area contributed by atoms with Crippen molar-refractivity contribution in [2.45, 2.75) is 32.4 Å². The molecule has 0 spiro atoms. The van der Waals surface area contributed by atoms with E-state index in [2.05, 4.69) is 39.5 Å². The predicted molar refractivity (Wildman–Crippen MR) is 110 cm³/mol. The van der Waals surface area contributed by atoms with E-state index in [1.165, 1.54) is 22.6 Å². The van der Waals surface area contributed by atoms with Gasteiger partial charge in [0, 0.05) is 37.4 Å². The van der Waals surface area contributed by atoms with Crippen LogP contribution in [0.2, 0.25) is 0 Å². The van der Waals surface area contributed by atoms with E-state index in [1.807, 2.05) is 12.1 Å². The maximum absolute atomic E-state index is 13.2. The van der Waals surface area contributed by atoms with Crippen LogP contribution in [0.15, 0.2) is 54.6 Å². The number of carbonyl (C=O) groups excluding carboxylic acids is 1. The Kier molecular flexibility index (Phi) is 5.78. The van der Waals surface area contributed by atoms with E-state index in [9.17, 15) is 9.18 Å². The lowest BCUT2D eigenvalue weighted by Gasteiger charge is -2.25. The summed E-state index contributed by atoms with van der Waals surface area (Å²) in [5, 5.41) is 3.57. The van der Waals surface area contributed by atoms with Crippen LogP contribution in [-0.2, 0) is 30.7 Å². The molecule has 0 radical (unpaired) electrons. The third kappa shape index (κ3) is 4.82. The van der Waals surface area contributed by atoms with E-state index in [1.54, 1.807) is 17.4 Å². The Morgan fingerprint density at radius 1 is 1.14 bits per heavy atom. The van der Waals surface area contributed by atoms with E-state index >= 15 is 0 Å². The van der Waals surface area contributed by atoms with Crippen LogP contribution in [0.4, 0.5) is 9.52 Å². The number of halogens is 1. The smallest absolute Gasteiger partial charge is 0.226 e. The molecule has 1 amide bonds. The lowest BCUT2D eigenvalue weighted by atomic mass is 10.1. The zero-order valence-corrected chi connectivity index (χ0v) is 16.3. The van der Waals surface area contributed by atoms with Gasteiger partial charge in [0.1, 0.15) is 5.82 Å². The van der Waals surface area contributed by atoms with Gasteiger partial charge in [-0.15, -0.1) is 11.3 Å². The Bertz CT molecular complexity index is 957. The standard InChI is InChI=1S/C22H22FN3OS/c23-18-8-4-7-16(13-18)9-10-21(27)25-22-24-19-11-12-26(15-20(19)28-22)14-17-5-2-1-3-6-17/h1-8,13H,9-12,14-15H2,(H,24,25,27). The van der Waals surface area contributed by atoms with Crippen LogP contribution in [-0.4, -0.2) is 22.3 Å². The number of amides is 1. The summed E-state index contributed by atoms with van der Waals surface area (Å²) in [7, 11) is 0. The summed E-state index contributed by atoms with van der Waals surface area (Å²) < 4.78 is 13.2. The summed E-state index contributed by atoms with van der Waals surface area (Å²) in [5.41, 5.74) is 3.22. The number of benzene rings is 2. The second kappa shape index (κ2) is 8.63. The number of fused-ring (bicyclic) bond motifs is 1. The summed E-state index contributed by atoms with van der Waals surface area (Å²) in [6.07, 6.45) is 1.73. The van der Waals surface area contributed by atoms with E-state index < -0.39 is 0 Å². The summed E-state index contributed by atoms with van der Waals surface area (Å²) in [6.45, 7) is 2.76. The zero-order valence-electron chi connectivity index (χ0n) is 15.5. The second-order valence-electron chi connectivity index (χ2n) is 7.01. The Labute approximate surface area is 168 Å². The second-order valence-corrected chi connectivity index (χ2v) is 8.10. The summed E-state index contributed by atoms with van der Waals surface area (Å²) in [6, 6.07) is 16.8. The predicted octanol–water partition coefficient (Wildman–Crippen LogP) is 4.41. The van der Waals surface area contributed by atoms with Crippen LogP contribution < -0.4 is 5.32 Å². The molecule has 1 aliphatic rings. The normalized spacial score (nSPS) is 13.9. The molecule has 28 heavy (non-hydrogen) atoms. The molecule has 0 bridgehead atoms. The minimum atomic E-state index is -0.273. The van der Waals surface area contributed by atoms with Gasteiger partial charge in [-0.05, 0) is 29.7 Å². The highest BCUT2D eigenvalue weighted by molar-refractivity contribution is 7.15. The third-order valence-electron chi connectivity index (χ3n) is 4.84. The molecular weight excluding hydrogens is 373 g/mol. The first-order valence-electron chi connectivity index (χ1n) is 9.45. The monoisotopic (exact) mass is 395 g/mol. The van der Waals surface area contributed by atoms with Crippen molar-refractivity contribution in [3.05, 3.63) is 82.1 Å². The van der Waals surface area contributed by atoms with E-state index in [0.29, 0.717) is 18.0 Å². The number of aryl methyl sites for hydroxylation is 1. The fourth-order valence-corrected chi connectivity index (χ4v) is 4.48. The largest absolute Gasteiger partial charge is 0.302 e. The van der Waals surface area contributed by atoms with E-state index in [-0.39, 0.29) is 11.7 Å². The molecule has 0 unspecified atom stereocenters. The van der Waals surface area contributed by atoms with E-state index in [0.717, 1.165) is 37.3 Å². The summed E-state index contributed by atoms with van der Waals surface area (Å²) in [4.78, 5) is 20.5. The molecule has 2 heterocycles. The van der Waals surface area contributed by atoms with Crippen molar-refractivity contribution in [3.8, 4) is 0 Å². The minimum absolute atomic E-state index is 0.0866. The molecule has 6 heteroatoms. The van der Waals surface area contributed by atoms with Gasteiger partial charge < -0.3 is 5.32 Å². The van der Waals surface area contributed by atoms with Crippen LogP contribution in [0, 0.1) is 5.82 Å². The first kappa shape index (κ1) is 18.8. The van der Waals surface area contributed by atoms with Crippen molar-refractivity contribution in [1.29, 1.82) is 0 Å². The Balaban J connectivity index is 1.32. The van der Waals surface area contributed by atoms with Gasteiger partial charge in [-0.25, -0.2) is 9.37 Å². The van der Waals surface area contributed by atoms with Gasteiger partial charge in [0.05, 0.1) is 5.69 Å². The molecule has 0 aliphatic carbocycles. The van der Waals surface area contributed by atoms with Crippen molar-refractivity contribution >= 4 is 22.4 Å². The summed E-state index contributed by atoms with van der Waals surface area (Å²) >= 11 is 1.56. The van der Waals surface area contributed by atoms with Gasteiger partial charge in [-0.3, -0.25) is 9.69 Å². The molecule has 144 valence electrons. The van der Waals surface area contributed by atoms with E-state index in [4.69, 9.17) is 0 Å². The number of thiazole rings is 1. The number of hydrogen-bond donors (Lipinski definition) is 1. The number of rotatable bonds is 6. The van der Waals surface area contributed by atoms with Gasteiger partial charge in [0.15, 0.2) is 5.13 Å². The van der Waals surface area contributed by atoms with Crippen LogP contribution in [0.25, 0.3) is 0 Å². The number of nitrogens with zero attached hydrogens (tertiary/aromatic N) is 2. The molecule has 3 aromatic rings. The quantitative estimate of drug-likeness (QED) is 0.672. The van der Waals surface area contributed by atoms with Gasteiger partial charge in [0.25, 0.3) is 0 Å². The molecule has 1 aromatic heterocycles. The fraction of sp³-hybridized carbons (Fsp3) is 0.273. The highest BCUT2D eigenvalue weighted by atomic mass is 32.1. The average Bonchev–Trinajstić information content (AvgIpc) is 3.09. The van der Waals surface area contributed by atoms with Crippen LogP contribution >= 0.6 is 11.3 Å². The average molecular weight is 396 g/mol. The molecule has 0 saturated carbocycles. The molecular formula is C22H22FN3OS. The molecule has 2 aromatic carbocycles. The van der Waals surface area contributed by atoms with Crippen molar-refractivity contribution in [1.82, 2.24) is 9.88 Å². The topological polar surface area (TPSA) is 45.2 Å². The first-order valence-corrected chi connectivity index (χ1v) is 10.3. The van der Waals surface area contributed by atoms with Crippen LogP contribution in [0.3, 0.4) is 0 Å². The molecule has 1 aliphatic heterocycles. The highest BCUT2D eigenvalue weighted by Crippen LogP contribution is 2.29. The SMILES string of the molecule is O=C(CCc1cccc(F)c1)Nc1nc2c(s1)CN(Cc1ccccc1)CC2.